The van der Waals surface area contributed by atoms with Gasteiger partial charge >= 0.3 is 6.09 Å². The minimum atomic E-state index is -0.541. The van der Waals surface area contributed by atoms with E-state index < -0.39 is 11.7 Å². The van der Waals surface area contributed by atoms with E-state index in [2.05, 4.69) is 0 Å². The lowest BCUT2D eigenvalue weighted by Gasteiger charge is -2.45. The molecule has 0 radical (unpaired) electrons. The molecule has 108 valence electrons. The second-order valence-electron chi connectivity index (χ2n) is 6.71. The average molecular weight is 267 g/mol. The Morgan fingerprint density at radius 2 is 1.68 bits per heavy atom. The lowest BCUT2D eigenvalue weighted by atomic mass is 9.82. The van der Waals surface area contributed by atoms with E-state index in [9.17, 15) is 9.59 Å². The number of carbonyl (C=O) groups is 2. The van der Waals surface area contributed by atoms with Crippen LogP contribution in [-0.4, -0.2) is 28.5 Å². The smallest absolute Gasteiger partial charge is 0.417 e. The maximum Gasteiger partial charge on any atom is 0.417 e. The van der Waals surface area contributed by atoms with Gasteiger partial charge in [0.05, 0.1) is 12.0 Å². The molecule has 2 atom stereocenters. The van der Waals surface area contributed by atoms with Gasteiger partial charge in [0.15, 0.2) is 0 Å². The van der Waals surface area contributed by atoms with Crippen LogP contribution in [0.2, 0.25) is 0 Å². The third kappa shape index (κ3) is 3.28. The van der Waals surface area contributed by atoms with E-state index in [4.69, 9.17) is 4.74 Å². The molecule has 0 aromatic rings. The number of amides is 2. The van der Waals surface area contributed by atoms with Gasteiger partial charge in [-0.2, -0.15) is 0 Å². The van der Waals surface area contributed by atoms with E-state index in [1.54, 1.807) is 0 Å². The van der Waals surface area contributed by atoms with Crippen LogP contribution in [0.4, 0.5) is 4.79 Å². The largest absolute Gasteiger partial charge is 0.443 e. The van der Waals surface area contributed by atoms with Crippen molar-refractivity contribution in [2.24, 2.45) is 5.92 Å². The van der Waals surface area contributed by atoms with Crippen LogP contribution < -0.4 is 0 Å². The molecular formula is C15H25NO3. The van der Waals surface area contributed by atoms with Crippen LogP contribution in [0, 0.1) is 5.92 Å². The molecule has 1 saturated carbocycles. The molecule has 4 heteroatoms. The minimum Gasteiger partial charge on any atom is -0.443 e. The number of likely N-dealkylation sites (tertiary alicyclic amines) is 1. The number of rotatable bonds is 0. The van der Waals surface area contributed by atoms with Crippen molar-refractivity contribution in [2.45, 2.75) is 77.4 Å². The lowest BCUT2D eigenvalue weighted by Crippen LogP contribution is -2.63. The molecule has 2 fully saturated rings. The Kier molecular flexibility index (Phi) is 4.16. The van der Waals surface area contributed by atoms with E-state index in [-0.39, 0.29) is 17.9 Å². The number of imide groups is 1. The molecule has 1 aliphatic heterocycles. The predicted octanol–water partition coefficient (Wildman–Crippen LogP) is 3.49. The van der Waals surface area contributed by atoms with Gasteiger partial charge in [-0.05, 0) is 33.6 Å². The molecule has 0 unspecified atom stereocenters. The topological polar surface area (TPSA) is 46.6 Å². The van der Waals surface area contributed by atoms with E-state index in [1.807, 2.05) is 20.8 Å². The van der Waals surface area contributed by atoms with Gasteiger partial charge in [-0.1, -0.05) is 32.1 Å². The number of hydrogen-bond acceptors (Lipinski definition) is 3. The van der Waals surface area contributed by atoms with Crippen molar-refractivity contribution in [3.63, 3.8) is 0 Å². The number of ether oxygens (including phenoxy) is 1. The first-order valence-electron chi connectivity index (χ1n) is 7.46. The Morgan fingerprint density at radius 3 is 2.32 bits per heavy atom. The standard InChI is InChI=1S/C15H25NO3/c1-15(2,3)19-14(18)16-12-10-8-6-4-5-7-9-11(12)13(16)17/h11-12H,4-10H2,1-3H3/t11-,12+/m0/s1. The normalized spacial score (nSPS) is 28.6. The van der Waals surface area contributed by atoms with E-state index in [1.165, 1.54) is 24.2 Å². The van der Waals surface area contributed by atoms with Crippen molar-refractivity contribution in [3.05, 3.63) is 0 Å². The molecular weight excluding hydrogens is 242 g/mol. The lowest BCUT2D eigenvalue weighted by molar-refractivity contribution is -0.154. The number of β-lactam (4-membered cyclic amide) rings is 1. The summed E-state index contributed by atoms with van der Waals surface area (Å²) < 4.78 is 5.33. The number of nitrogens with zero attached hydrogens (tertiary/aromatic N) is 1. The van der Waals surface area contributed by atoms with Gasteiger partial charge in [0.2, 0.25) is 5.91 Å². The van der Waals surface area contributed by atoms with E-state index in [0.29, 0.717) is 0 Å². The Labute approximate surface area is 115 Å². The fourth-order valence-electron chi connectivity index (χ4n) is 3.04. The monoisotopic (exact) mass is 267 g/mol. The Balaban J connectivity index is 2.01. The van der Waals surface area contributed by atoms with Crippen molar-refractivity contribution in [1.29, 1.82) is 0 Å². The van der Waals surface area contributed by atoms with Crippen LogP contribution >= 0.6 is 0 Å². The maximum absolute atomic E-state index is 12.1. The summed E-state index contributed by atoms with van der Waals surface area (Å²) in [5, 5.41) is 0. The summed E-state index contributed by atoms with van der Waals surface area (Å²) >= 11 is 0. The zero-order chi connectivity index (χ0) is 14.0. The second kappa shape index (κ2) is 5.51. The molecule has 1 heterocycles. The third-order valence-corrected chi connectivity index (χ3v) is 3.96. The highest BCUT2D eigenvalue weighted by Crippen LogP contribution is 2.36. The molecule has 0 N–H and O–H groups in total. The molecule has 2 rings (SSSR count). The zero-order valence-electron chi connectivity index (χ0n) is 12.3. The van der Waals surface area contributed by atoms with Gasteiger partial charge in [0.1, 0.15) is 5.60 Å². The molecule has 2 amide bonds. The number of fused-ring (bicyclic) bond motifs is 1. The molecule has 19 heavy (non-hydrogen) atoms. The minimum absolute atomic E-state index is 0.0267. The SMILES string of the molecule is CC(C)(C)OC(=O)N1C(=O)[C@H]2CCCCCCC[C@H]21. The number of hydrogen-bond donors (Lipinski definition) is 0. The Bertz CT molecular complexity index is 359. The summed E-state index contributed by atoms with van der Waals surface area (Å²) in [6, 6.07) is 0.0837. The van der Waals surface area contributed by atoms with Crippen molar-refractivity contribution < 1.29 is 14.3 Å². The molecule has 0 aromatic heterocycles. The van der Waals surface area contributed by atoms with Crippen LogP contribution in [-0.2, 0) is 9.53 Å². The molecule has 0 bridgehead atoms. The highest BCUT2D eigenvalue weighted by molar-refractivity contribution is 5.99. The van der Waals surface area contributed by atoms with Crippen LogP contribution in [0.1, 0.15) is 65.7 Å². The molecule has 2 aliphatic rings. The summed E-state index contributed by atoms with van der Waals surface area (Å²) in [6.45, 7) is 5.49. The number of carbonyl (C=O) groups excluding carboxylic acids is 2. The van der Waals surface area contributed by atoms with Gasteiger partial charge in [-0.15, -0.1) is 0 Å². The predicted molar refractivity (Wildman–Crippen MR) is 72.7 cm³/mol. The van der Waals surface area contributed by atoms with Gasteiger partial charge in [0, 0.05) is 0 Å². The van der Waals surface area contributed by atoms with Crippen molar-refractivity contribution >= 4 is 12.0 Å². The summed E-state index contributed by atoms with van der Waals surface area (Å²) in [7, 11) is 0. The molecule has 0 aromatic carbocycles. The van der Waals surface area contributed by atoms with Crippen LogP contribution in [0.15, 0.2) is 0 Å². The van der Waals surface area contributed by atoms with Crippen LogP contribution in [0.25, 0.3) is 0 Å². The fraction of sp³-hybridized carbons (Fsp3) is 0.867. The Hall–Kier alpha value is -1.06. The van der Waals surface area contributed by atoms with Crippen LogP contribution in [0.3, 0.4) is 0 Å². The quantitative estimate of drug-likeness (QED) is 0.631. The van der Waals surface area contributed by atoms with Crippen molar-refractivity contribution in [3.8, 4) is 0 Å². The molecule has 0 spiro atoms. The highest BCUT2D eigenvalue weighted by atomic mass is 16.6. The average Bonchev–Trinajstić information content (AvgIpc) is 2.36. The fourth-order valence-corrected chi connectivity index (χ4v) is 3.04. The summed E-state index contributed by atoms with van der Waals surface area (Å²) in [5.41, 5.74) is -0.541. The molecule has 1 aliphatic carbocycles. The second-order valence-corrected chi connectivity index (χ2v) is 6.71. The first-order chi connectivity index (χ1) is 8.90. The van der Waals surface area contributed by atoms with Crippen molar-refractivity contribution in [1.82, 2.24) is 4.90 Å². The summed E-state index contributed by atoms with van der Waals surface area (Å²) in [6.07, 6.45) is 7.29. The first-order valence-corrected chi connectivity index (χ1v) is 7.46. The van der Waals surface area contributed by atoms with Gasteiger partial charge in [-0.25, -0.2) is 9.69 Å². The van der Waals surface area contributed by atoms with Gasteiger partial charge < -0.3 is 4.74 Å². The maximum atomic E-state index is 12.1. The summed E-state index contributed by atoms with van der Waals surface area (Å²) in [4.78, 5) is 25.6. The van der Waals surface area contributed by atoms with Crippen molar-refractivity contribution in [2.75, 3.05) is 0 Å². The Morgan fingerprint density at radius 1 is 1.11 bits per heavy atom. The van der Waals surface area contributed by atoms with Gasteiger partial charge in [0.25, 0.3) is 0 Å². The summed E-state index contributed by atoms with van der Waals surface area (Å²) in [5.74, 6) is 0.0340. The third-order valence-electron chi connectivity index (χ3n) is 3.96. The van der Waals surface area contributed by atoms with Crippen LogP contribution in [0.5, 0.6) is 0 Å². The zero-order valence-corrected chi connectivity index (χ0v) is 12.3. The first kappa shape index (κ1) is 14.4. The molecule has 1 saturated heterocycles. The molecule has 4 nitrogen and oxygen atoms in total. The van der Waals surface area contributed by atoms with E-state index >= 15 is 0 Å². The highest BCUT2D eigenvalue weighted by Gasteiger charge is 2.50. The van der Waals surface area contributed by atoms with E-state index in [0.717, 1.165) is 25.7 Å². The van der Waals surface area contributed by atoms with Gasteiger partial charge in [-0.3, -0.25) is 4.79 Å².